The molecule has 1 atom stereocenters. The lowest BCUT2D eigenvalue weighted by atomic mass is 10.1. The van der Waals surface area contributed by atoms with Crippen LogP contribution in [0.2, 0.25) is 0 Å². The van der Waals surface area contributed by atoms with Gasteiger partial charge in [0, 0.05) is 31.4 Å². The van der Waals surface area contributed by atoms with E-state index in [1.165, 1.54) is 22.9 Å². The Morgan fingerprint density at radius 1 is 1.23 bits per heavy atom. The highest BCUT2D eigenvalue weighted by atomic mass is 19.1. The Morgan fingerprint density at radius 2 is 2.00 bits per heavy atom. The van der Waals surface area contributed by atoms with Crippen molar-refractivity contribution in [2.45, 2.75) is 26.1 Å². The lowest BCUT2D eigenvalue weighted by Crippen LogP contribution is -2.41. The smallest absolute Gasteiger partial charge is 0.255 e. The minimum atomic E-state index is -0.516. The van der Waals surface area contributed by atoms with Gasteiger partial charge in [0.25, 0.3) is 5.56 Å². The van der Waals surface area contributed by atoms with E-state index in [9.17, 15) is 9.18 Å². The molecule has 3 aromatic rings. The standard InChI is InChI=1S/C23H25FN4O3/c1-15(2)31-17-6-4-16(5-7-17)21-14-28(10-11-30-21)23-26-20(12-22(29)27(23)3)18-8-9-25-13-19(18)24/h4-9,12-13,15,21H,10-11,14H2,1-3H3. The van der Waals surface area contributed by atoms with Crippen LogP contribution in [-0.2, 0) is 11.8 Å². The Labute approximate surface area is 180 Å². The fourth-order valence-electron chi connectivity index (χ4n) is 3.60. The second-order valence-electron chi connectivity index (χ2n) is 7.74. The minimum absolute atomic E-state index is 0.108. The average Bonchev–Trinajstić information content (AvgIpc) is 2.76. The number of hydrogen-bond acceptors (Lipinski definition) is 6. The summed E-state index contributed by atoms with van der Waals surface area (Å²) in [5.74, 6) is 0.770. The predicted molar refractivity (Wildman–Crippen MR) is 116 cm³/mol. The van der Waals surface area contributed by atoms with Crippen LogP contribution in [0.1, 0.15) is 25.5 Å². The minimum Gasteiger partial charge on any atom is -0.491 e. The van der Waals surface area contributed by atoms with Crippen molar-refractivity contribution in [1.29, 1.82) is 0 Å². The Kier molecular flexibility index (Phi) is 5.99. The molecule has 1 unspecified atom stereocenters. The molecule has 0 N–H and O–H groups in total. The normalized spacial score (nSPS) is 16.5. The third-order valence-electron chi connectivity index (χ3n) is 5.13. The summed E-state index contributed by atoms with van der Waals surface area (Å²) in [6, 6.07) is 10.7. The van der Waals surface area contributed by atoms with Crippen molar-refractivity contribution in [1.82, 2.24) is 14.5 Å². The van der Waals surface area contributed by atoms with Crippen LogP contribution in [0.5, 0.6) is 5.75 Å². The van der Waals surface area contributed by atoms with Gasteiger partial charge in [0.2, 0.25) is 5.95 Å². The van der Waals surface area contributed by atoms with Crippen LogP contribution < -0.4 is 15.2 Å². The van der Waals surface area contributed by atoms with Crippen LogP contribution in [0.25, 0.3) is 11.3 Å². The fraction of sp³-hybridized carbons (Fsp3) is 0.348. The van der Waals surface area contributed by atoms with Crippen LogP contribution >= 0.6 is 0 Å². The van der Waals surface area contributed by atoms with Gasteiger partial charge in [-0.15, -0.1) is 0 Å². The van der Waals surface area contributed by atoms with Gasteiger partial charge in [-0.1, -0.05) is 12.1 Å². The molecule has 3 heterocycles. The van der Waals surface area contributed by atoms with E-state index in [0.717, 1.165) is 17.5 Å². The van der Waals surface area contributed by atoms with E-state index in [-0.39, 0.29) is 29.0 Å². The summed E-state index contributed by atoms with van der Waals surface area (Å²) in [6.07, 6.45) is 2.53. The topological polar surface area (TPSA) is 69.5 Å². The first kappa shape index (κ1) is 21.0. The number of anilines is 1. The van der Waals surface area contributed by atoms with E-state index < -0.39 is 5.82 Å². The Bertz CT molecular complexity index is 1110. The molecule has 0 bridgehead atoms. The molecule has 7 nitrogen and oxygen atoms in total. The molecule has 1 aliphatic heterocycles. The molecule has 0 radical (unpaired) electrons. The molecule has 0 aliphatic carbocycles. The molecule has 4 rings (SSSR count). The van der Waals surface area contributed by atoms with E-state index in [0.29, 0.717) is 25.6 Å². The predicted octanol–water partition coefficient (Wildman–Crippen LogP) is 3.35. The lowest BCUT2D eigenvalue weighted by Gasteiger charge is -2.34. The molecule has 1 fully saturated rings. The van der Waals surface area contributed by atoms with Crippen molar-refractivity contribution in [3.63, 3.8) is 0 Å². The summed E-state index contributed by atoms with van der Waals surface area (Å²) < 4.78 is 27.4. The highest BCUT2D eigenvalue weighted by Gasteiger charge is 2.25. The Morgan fingerprint density at radius 3 is 2.71 bits per heavy atom. The first-order valence-electron chi connectivity index (χ1n) is 10.2. The molecule has 31 heavy (non-hydrogen) atoms. The monoisotopic (exact) mass is 424 g/mol. The summed E-state index contributed by atoms with van der Waals surface area (Å²) in [6.45, 7) is 5.55. The maximum absolute atomic E-state index is 14.2. The van der Waals surface area contributed by atoms with E-state index in [4.69, 9.17) is 9.47 Å². The summed E-state index contributed by atoms with van der Waals surface area (Å²) in [5, 5.41) is 0. The molecule has 162 valence electrons. The lowest BCUT2D eigenvalue weighted by molar-refractivity contribution is 0.0389. The number of pyridine rings is 1. The maximum atomic E-state index is 14.2. The van der Waals surface area contributed by atoms with Gasteiger partial charge >= 0.3 is 0 Å². The molecule has 0 saturated carbocycles. The summed E-state index contributed by atoms with van der Waals surface area (Å²) in [5.41, 5.74) is 1.30. The molecule has 8 heteroatoms. The van der Waals surface area contributed by atoms with E-state index in [1.807, 2.05) is 43.0 Å². The van der Waals surface area contributed by atoms with Gasteiger partial charge in [-0.3, -0.25) is 14.3 Å². The van der Waals surface area contributed by atoms with Gasteiger partial charge < -0.3 is 14.4 Å². The number of rotatable bonds is 5. The van der Waals surface area contributed by atoms with Crippen molar-refractivity contribution in [2.24, 2.45) is 7.05 Å². The van der Waals surface area contributed by atoms with Gasteiger partial charge in [0.15, 0.2) is 5.82 Å². The zero-order valence-corrected chi connectivity index (χ0v) is 17.8. The third-order valence-corrected chi connectivity index (χ3v) is 5.13. The SMILES string of the molecule is CC(C)Oc1ccc(C2CN(c3nc(-c4ccncc4F)cc(=O)n3C)CCO2)cc1. The quantitative estimate of drug-likeness (QED) is 0.626. The number of halogens is 1. The van der Waals surface area contributed by atoms with Crippen molar-refractivity contribution >= 4 is 5.95 Å². The second-order valence-corrected chi connectivity index (χ2v) is 7.74. The molecule has 1 aromatic carbocycles. The van der Waals surface area contributed by atoms with Crippen molar-refractivity contribution in [2.75, 3.05) is 24.6 Å². The van der Waals surface area contributed by atoms with Crippen LogP contribution in [-0.4, -0.2) is 40.3 Å². The number of nitrogens with zero attached hydrogens (tertiary/aromatic N) is 4. The fourth-order valence-corrected chi connectivity index (χ4v) is 3.60. The second kappa shape index (κ2) is 8.85. The van der Waals surface area contributed by atoms with E-state index in [2.05, 4.69) is 9.97 Å². The van der Waals surface area contributed by atoms with Gasteiger partial charge in [0.1, 0.15) is 11.9 Å². The van der Waals surface area contributed by atoms with Gasteiger partial charge in [-0.2, -0.15) is 0 Å². The molecule has 1 aliphatic rings. The van der Waals surface area contributed by atoms with E-state index in [1.54, 1.807) is 7.05 Å². The number of hydrogen-bond donors (Lipinski definition) is 0. The molecule has 1 saturated heterocycles. The van der Waals surface area contributed by atoms with Crippen LogP contribution in [0, 0.1) is 5.82 Å². The summed E-state index contributed by atoms with van der Waals surface area (Å²) in [7, 11) is 1.67. The average molecular weight is 424 g/mol. The Hall–Kier alpha value is -3.26. The third kappa shape index (κ3) is 4.59. The summed E-state index contributed by atoms with van der Waals surface area (Å²) >= 11 is 0. The highest BCUT2D eigenvalue weighted by Crippen LogP contribution is 2.28. The number of morpholine rings is 1. The molecular formula is C23H25FN4O3. The van der Waals surface area contributed by atoms with Crippen molar-refractivity contribution < 1.29 is 13.9 Å². The summed E-state index contributed by atoms with van der Waals surface area (Å²) in [4.78, 5) is 22.9. The first-order valence-corrected chi connectivity index (χ1v) is 10.2. The number of benzene rings is 1. The van der Waals surface area contributed by atoms with Gasteiger partial charge in [-0.25, -0.2) is 9.37 Å². The maximum Gasteiger partial charge on any atom is 0.255 e. The molecule has 2 aromatic heterocycles. The zero-order valence-electron chi connectivity index (χ0n) is 17.8. The van der Waals surface area contributed by atoms with Crippen molar-refractivity contribution in [3.05, 3.63) is 70.5 Å². The number of ether oxygens (including phenoxy) is 2. The zero-order chi connectivity index (χ0) is 22.0. The van der Waals surface area contributed by atoms with Crippen LogP contribution in [0.3, 0.4) is 0 Å². The van der Waals surface area contributed by atoms with Gasteiger partial charge in [0.05, 0.1) is 31.1 Å². The van der Waals surface area contributed by atoms with Gasteiger partial charge in [-0.05, 0) is 37.6 Å². The molecule has 0 spiro atoms. The molecule has 0 amide bonds. The van der Waals surface area contributed by atoms with Crippen LogP contribution in [0.15, 0.2) is 53.6 Å². The largest absolute Gasteiger partial charge is 0.491 e. The number of aromatic nitrogens is 3. The van der Waals surface area contributed by atoms with Crippen molar-refractivity contribution in [3.8, 4) is 17.0 Å². The van der Waals surface area contributed by atoms with Crippen LogP contribution in [0.4, 0.5) is 10.3 Å². The molecular weight excluding hydrogens is 399 g/mol. The highest BCUT2D eigenvalue weighted by molar-refractivity contribution is 5.60. The first-order chi connectivity index (χ1) is 14.9. The van der Waals surface area contributed by atoms with E-state index >= 15 is 0 Å². The Balaban J connectivity index is 1.61.